The molecule has 0 fully saturated rings. The lowest BCUT2D eigenvalue weighted by atomic mass is 10.1. The van der Waals surface area contributed by atoms with E-state index in [-0.39, 0.29) is 12.2 Å². The molecule has 104 valence electrons. The van der Waals surface area contributed by atoms with Crippen LogP contribution in [0.25, 0.3) is 0 Å². The monoisotopic (exact) mass is 337 g/mol. The molecule has 2 N–H and O–H groups in total. The third kappa shape index (κ3) is 4.06. The van der Waals surface area contributed by atoms with E-state index in [1.54, 1.807) is 18.2 Å². The van der Waals surface area contributed by atoms with Crippen molar-refractivity contribution in [2.75, 3.05) is 5.32 Å². The van der Waals surface area contributed by atoms with E-state index in [2.05, 4.69) is 21.2 Å². The number of nitrogens with one attached hydrogen (secondary N) is 1. The van der Waals surface area contributed by atoms with Crippen molar-refractivity contribution in [3.8, 4) is 0 Å². The second-order valence-electron chi connectivity index (χ2n) is 4.36. The van der Waals surface area contributed by atoms with Gasteiger partial charge < -0.3 is 10.4 Å². The summed E-state index contributed by atoms with van der Waals surface area (Å²) in [5.74, 6) is -1.15. The van der Waals surface area contributed by atoms with Gasteiger partial charge in [0.2, 0.25) is 0 Å². The Bertz CT molecular complexity index is 614. The molecule has 2 aromatic carbocycles. The van der Waals surface area contributed by atoms with Crippen molar-refractivity contribution in [2.45, 2.75) is 13.0 Å². The Morgan fingerprint density at radius 2 is 1.80 bits per heavy atom. The van der Waals surface area contributed by atoms with Gasteiger partial charge in [-0.1, -0.05) is 24.3 Å². The van der Waals surface area contributed by atoms with Crippen LogP contribution in [0.3, 0.4) is 0 Å². The second kappa shape index (κ2) is 6.52. The van der Waals surface area contributed by atoms with E-state index in [1.165, 1.54) is 12.1 Å². The molecule has 0 saturated carbocycles. The average molecular weight is 338 g/mol. The van der Waals surface area contributed by atoms with Crippen molar-refractivity contribution in [2.24, 2.45) is 0 Å². The number of hydrogen-bond acceptors (Lipinski definition) is 2. The summed E-state index contributed by atoms with van der Waals surface area (Å²) in [6.07, 6.45) is 0.0170. The van der Waals surface area contributed by atoms with Crippen LogP contribution < -0.4 is 5.32 Å². The molecule has 0 atom stereocenters. The summed E-state index contributed by atoms with van der Waals surface area (Å²) >= 11 is 3.35. The average Bonchev–Trinajstić information content (AvgIpc) is 2.41. The molecule has 20 heavy (non-hydrogen) atoms. The van der Waals surface area contributed by atoms with E-state index >= 15 is 0 Å². The van der Waals surface area contributed by atoms with Gasteiger partial charge in [0, 0.05) is 11.0 Å². The number of hydrogen-bond donors (Lipinski definition) is 2. The minimum atomic E-state index is -0.848. The molecule has 0 aromatic heterocycles. The van der Waals surface area contributed by atoms with Crippen LogP contribution >= 0.6 is 15.9 Å². The predicted molar refractivity (Wildman–Crippen MR) is 79.2 cm³/mol. The summed E-state index contributed by atoms with van der Waals surface area (Å²) in [7, 11) is 0. The maximum absolute atomic E-state index is 13.1. The molecular weight excluding hydrogens is 325 g/mol. The highest BCUT2D eigenvalue weighted by Crippen LogP contribution is 2.23. The highest BCUT2D eigenvalue weighted by Gasteiger charge is 2.03. The molecule has 0 unspecified atom stereocenters. The molecule has 0 aliphatic rings. The predicted octanol–water partition coefficient (Wildman–Crippen LogP) is 3.83. The lowest BCUT2D eigenvalue weighted by Crippen LogP contribution is -2.02. The van der Waals surface area contributed by atoms with Crippen molar-refractivity contribution in [1.82, 2.24) is 0 Å². The number of aliphatic carboxylic acids is 1. The lowest BCUT2D eigenvalue weighted by Gasteiger charge is -2.09. The van der Waals surface area contributed by atoms with Crippen molar-refractivity contribution in [1.29, 1.82) is 0 Å². The fourth-order valence-corrected chi connectivity index (χ4v) is 2.17. The standard InChI is InChI=1S/C15H13BrFNO2/c16-13-6-5-12(17)8-14(13)18-9-11-3-1-10(2-4-11)7-15(19)20/h1-6,8,18H,7,9H2,(H,19,20). The molecule has 0 bridgehead atoms. The highest BCUT2D eigenvalue weighted by atomic mass is 79.9. The Kier molecular flexibility index (Phi) is 4.74. The van der Waals surface area contributed by atoms with Crippen LogP contribution in [0.4, 0.5) is 10.1 Å². The first-order chi connectivity index (χ1) is 9.54. The van der Waals surface area contributed by atoms with Crippen LogP contribution in [0.15, 0.2) is 46.9 Å². The third-order valence-corrected chi connectivity index (χ3v) is 3.48. The van der Waals surface area contributed by atoms with Gasteiger partial charge in [-0.3, -0.25) is 4.79 Å². The SMILES string of the molecule is O=C(O)Cc1ccc(CNc2cc(F)ccc2Br)cc1. The molecular formula is C15H13BrFNO2. The fourth-order valence-electron chi connectivity index (χ4n) is 1.78. The quantitative estimate of drug-likeness (QED) is 0.871. The van der Waals surface area contributed by atoms with Crippen LogP contribution in [0.2, 0.25) is 0 Å². The zero-order valence-electron chi connectivity index (χ0n) is 10.6. The molecule has 0 amide bonds. The van der Waals surface area contributed by atoms with Crippen molar-refractivity contribution >= 4 is 27.6 Å². The topological polar surface area (TPSA) is 49.3 Å². The van der Waals surface area contributed by atoms with Gasteiger partial charge in [-0.25, -0.2) is 4.39 Å². The number of halogens is 2. The number of carboxylic acids is 1. The molecule has 0 saturated heterocycles. The molecule has 0 heterocycles. The van der Waals surface area contributed by atoms with Gasteiger partial charge in [0.15, 0.2) is 0 Å². The van der Waals surface area contributed by atoms with Gasteiger partial charge in [0.05, 0.1) is 12.1 Å². The Labute approximate surface area is 124 Å². The van der Waals surface area contributed by atoms with Crippen molar-refractivity contribution < 1.29 is 14.3 Å². The second-order valence-corrected chi connectivity index (χ2v) is 5.22. The van der Waals surface area contributed by atoms with E-state index in [9.17, 15) is 9.18 Å². The number of anilines is 1. The highest BCUT2D eigenvalue weighted by molar-refractivity contribution is 9.10. The third-order valence-electron chi connectivity index (χ3n) is 2.79. The van der Waals surface area contributed by atoms with E-state index in [4.69, 9.17) is 5.11 Å². The maximum atomic E-state index is 13.1. The summed E-state index contributed by atoms with van der Waals surface area (Å²) in [6, 6.07) is 11.7. The molecule has 2 aromatic rings. The fraction of sp³-hybridized carbons (Fsp3) is 0.133. The smallest absolute Gasteiger partial charge is 0.307 e. The van der Waals surface area contributed by atoms with Crippen LogP contribution in [0, 0.1) is 5.82 Å². The molecule has 0 spiro atoms. The van der Waals surface area contributed by atoms with Gasteiger partial charge in [-0.15, -0.1) is 0 Å². The Morgan fingerprint density at radius 1 is 1.15 bits per heavy atom. The van der Waals surface area contributed by atoms with E-state index < -0.39 is 5.97 Å². The normalized spacial score (nSPS) is 10.3. The Balaban J connectivity index is 2.00. The first-order valence-corrected chi connectivity index (χ1v) is 6.82. The minimum absolute atomic E-state index is 0.0170. The van der Waals surface area contributed by atoms with Crippen molar-refractivity contribution in [3.05, 3.63) is 63.9 Å². The molecule has 2 rings (SSSR count). The van der Waals surface area contributed by atoms with E-state index in [1.807, 2.05) is 12.1 Å². The van der Waals surface area contributed by atoms with Gasteiger partial charge in [0.25, 0.3) is 0 Å². The van der Waals surface area contributed by atoms with E-state index in [0.29, 0.717) is 12.2 Å². The van der Waals surface area contributed by atoms with E-state index in [0.717, 1.165) is 15.6 Å². The number of benzene rings is 2. The van der Waals surface area contributed by atoms with Crippen molar-refractivity contribution in [3.63, 3.8) is 0 Å². The Morgan fingerprint density at radius 3 is 2.45 bits per heavy atom. The minimum Gasteiger partial charge on any atom is -0.481 e. The largest absolute Gasteiger partial charge is 0.481 e. The first kappa shape index (κ1) is 14.5. The van der Waals surface area contributed by atoms with Crippen LogP contribution in [-0.2, 0) is 17.8 Å². The zero-order valence-corrected chi connectivity index (χ0v) is 12.2. The number of rotatable bonds is 5. The summed E-state index contributed by atoms with van der Waals surface area (Å²) in [4.78, 5) is 10.6. The van der Waals surface area contributed by atoms with Gasteiger partial charge in [0.1, 0.15) is 5.82 Å². The van der Waals surface area contributed by atoms with Gasteiger partial charge in [-0.05, 0) is 45.3 Å². The maximum Gasteiger partial charge on any atom is 0.307 e. The molecule has 0 aliphatic carbocycles. The summed E-state index contributed by atoms with van der Waals surface area (Å²) in [6.45, 7) is 0.537. The molecule has 0 radical (unpaired) electrons. The lowest BCUT2D eigenvalue weighted by molar-refractivity contribution is -0.136. The van der Waals surface area contributed by atoms with Gasteiger partial charge >= 0.3 is 5.97 Å². The molecule has 3 nitrogen and oxygen atoms in total. The number of carbonyl (C=O) groups is 1. The van der Waals surface area contributed by atoms with Crippen LogP contribution in [-0.4, -0.2) is 11.1 Å². The molecule has 5 heteroatoms. The zero-order chi connectivity index (χ0) is 14.5. The van der Waals surface area contributed by atoms with Gasteiger partial charge in [-0.2, -0.15) is 0 Å². The first-order valence-electron chi connectivity index (χ1n) is 6.03. The van der Waals surface area contributed by atoms with Crippen LogP contribution in [0.1, 0.15) is 11.1 Å². The van der Waals surface area contributed by atoms with Crippen LogP contribution in [0.5, 0.6) is 0 Å². The summed E-state index contributed by atoms with van der Waals surface area (Å²) in [5, 5.41) is 11.8. The summed E-state index contributed by atoms with van der Waals surface area (Å²) in [5.41, 5.74) is 2.43. The number of carboxylic acid groups (broad SMARTS) is 1. The molecule has 0 aliphatic heterocycles. The summed E-state index contributed by atoms with van der Waals surface area (Å²) < 4.78 is 13.9. The Hall–Kier alpha value is -1.88.